The predicted octanol–water partition coefficient (Wildman–Crippen LogP) is 4.13. The lowest BCUT2D eigenvalue weighted by molar-refractivity contribution is -0.247. The van der Waals surface area contributed by atoms with Crippen LogP contribution in [0.4, 0.5) is 8.78 Å². The van der Waals surface area contributed by atoms with Crippen molar-refractivity contribution in [2.75, 3.05) is 11.5 Å². The van der Waals surface area contributed by atoms with E-state index in [-0.39, 0.29) is 35.7 Å². The van der Waals surface area contributed by atoms with Gasteiger partial charge >= 0.3 is 0 Å². The van der Waals surface area contributed by atoms with E-state index >= 15 is 8.78 Å². The van der Waals surface area contributed by atoms with Gasteiger partial charge in [-0.15, -0.1) is 0 Å². The molecule has 9 atom stereocenters. The number of fused-ring (bicyclic) bond motifs is 7. The summed E-state index contributed by atoms with van der Waals surface area (Å²) in [5.74, 6) is -1.77. The van der Waals surface area contributed by atoms with Crippen LogP contribution in [0.5, 0.6) is 0 Å². The Bertz CT molecular complexity index is 996. The first kappa shape index (κ1) is 24.6. The van der Waals surface area contributed by atoms with Crippen molar-refractivity contribution in [2.45, 2.75) is 89.3 Å². The van der Waals surface area contributed by atoms with Crippen LogP contribution >= 0.6 is 11.8 Å². The molecule has 5 rings (SSSR count). The number of Topliss-reactive ketones (excluding diaryl/α,β-unsaturated/α-hetero) is 1. The molecule has 34 heavy (non-hydrogen) atoms. The molecule has 0 aromatic carbocycles. The lowest BCUT2D eigenvalue weighted by Gasteiger charge is -2.63. The van der Waals surface area contributed by atoms with Gasteiger partial charge in [-0.1, -0.05) is 19.9 Å². The smallest absolute Gasteiger partial charge is 0.178 e. The van der Waals surface area contributed by atoms with E-state index in [9.17, 15) is 14.7 Å². The number of hydrogen-bond donors (Lipinski definition) is 1. The van der Waals surface area contributed by atoms with Crippen LogP contribution in [0.2, 0.25) is 0 Å². The molecule has 0 radical (unpaired) electrons. The number of allylic oxidation sites excluding steroid dienone is 4. The van der Waals surface area contributed by atoms with Crippen molar-refractivity contribution in [1.29, 1.82) is 0 Å². The molecule has 1 heterocycles. The van der Waals surface area contributed by atoms with Crippen LogP contribution in [0, 0.1) is 22.7 Å². The number of alkyl halides is 2. The first-order chi connectivity index (χ1) is 15.8. The minimum absolute atomic E-state index is 0.00918. The molecule has 3 unspecified atom stereocenters. The highest BCUT2D eigenvalue weighted by Crippen LogP contribution is 2.72. The number of aliphatic hydroxyl groups excluding tert-OH is 1. The van der Waals surface area contributed by atoms with Gasteiger partial charge in [0, 0.05) is 16.7 Å². The Morgan fingerprint density at radius 2 is 1.94 bits per heavy atom. The molecule has 0 amide bonds. The maximum absolute atomic E-state index is 17.3. The van der Waals surface area contributed by atoms with Crippen molar-refractivity contribution in [2.24, 2.45) is 22.7 Å². The van der Waals surface area contributed by atoms with Crippen LogP contribution in [0.3, 0.4) is 0 Å². The summed E-state index contributed by atoms with van der Waals surface area (Å²) in [6, 6.07) is 0. The first-order valence-corrected chi connectivity index (χ1v) is 13.4. The van der Waals surface area contributed by atoms with Crippen LogP contribution in [0.25, 0.3) is 0 Å². The van der Waals surface area contributed by atoms with Gasteiger partial charge < -0.3 is 14.6 Å². The van der Waals surface area contributed by atoms with Crippen molar-refractivity contribution in [3.8, 4) is 0 Å². The quantitative estimate of drug-likeness (QED) is 0.631. The molecule has 8 heteroatoms. The summed E-state index contributed by atoms with van der Waals surface area (Å²) in [5, 5.41) is 11.5. The van der Waals surface area contributed by atoms with E-state index in [1.54, 1.807) is 20.8 Å². The molecule has 1 N–H and O–H groups in total. The third kappa shape index (κ3) is 2.83. The van der Waals surface area contributed by atoms with E-state index in [0.717, 1.165) is 5.75 Å². The second kappa shape index (κ2) is 7.46. The predicted molar refractivity (Wildman–Crippen MR) is 125 cm³/mol. The normalized spacial score (nSPS) is 50.8. The van der Waals surface area contributed by atoms with E-state index in [1.165, 1.54) is 30.0 Å². The molecular weight excluding hydrogens is 462 g/mol. The van der Waals surface area contributed by atoms with Crippen molar-refractivity contribution in [3.63, 3.8) is 0 Å². The van der Waals surface area contributed by atoms with Gasteiger partial charge in [0.05, 0.1) is 18.0 Å². The Morgan fingerprint density at radius 1 is 1.24 bits per heavy atom. The number of halogens is 2. The summed E-state index contributed by atoms with van der Waals surface area (Å²) in [6.07, 6.45) is 0.513. The Labute approximate surface area is 203 Å². The summed E-state index contributed by atoms with van der Waals surface area (Å²) in [4.78, 5) is 25.8. The van der Waals surface area contributed by atoms with E-state index in [2.05, 4.69) is 0 Å². The van der Waals surface area contributed by atoms with Gasteiger partial charge in [0.2, 0.25) is 0 Å². The summed E-state index contributed by atoms with van der Waals surface area (Å²) >= 11 is 1.49. The topological polar surface area (TPSA) is 72.8 Å². The van der Waals surface area contributed by atoms with Crippen LogP contribution < -0.4 is 0 Å². The van der Waals surface area contributed by atoms with Gasteiger partial charge in [0.1, 0.15) is 6.17 Å². The number of aliphatic hydroxyl groups is 1. The molecule has 188 valence electrons. The lowest BCUT2D eigenvalue weighted by Crippen LogP contribution is -2.71. The highest BCUT2D eigenvalue weighted by Gasteiger charge is 2.80. The zero-order valence-corrected chi connectivity index (χ0v) is 21.2. The van der Waals surface area contributed by atoms with Gasteiger partial charge in [-0.05, 0) is 69.4 Å². The summed E-state index contributed by atoms with van der Waals surface area (Å²) < 4.78 is 45.6. The van der Waals surface area contributed by atoms with Crippen molar-refractivity contribution in [3.05, 3.63) is 23.8 Å². The van der Waals surface area contributed by atoms with Crippen LogP contribution in [0.1, 0.15) is 53.9 Å². The SMILES string of the molecule is CCSCC(=O)C12OC(C)(C)O[C@@H]1C[C@H]1[C@@H]3C[C@H](F)C4=CC(=O)C=CC4(C)[C@@]3(F)[C@@H](O)CC12C. The van der Waals surface area contributed by atoms with Crippen LogP contribution in [-0.2, 0) is 19.1 Å². The number of hydrogen-bond acceptors (Lipinski definition) is 6. The number of carbonyl (C=O) groups is 2. The van der Waals surface area contributed by atoms with E-state index < -0.39 is 58.1 Å². The Balaban J connectivity index is 1.63. The lowest BCUT2D eigenvalue weighted by atomic mass is 9.44. The monoisotopic (exact) mass is 496 g/mol. The second-order valence-electron chi connectivity index (χ2n) is 11.5. The third-order valence-electron chi connectivity index (χ3n) is 9.47. The first-order valence-electron chi connectivity index (χ1n) is 12.2. The number of carbonyl (C=O) groups excluding carboxylic acids is 2. The average Bonchev–Trinajstić information content (AvgIpc) is 3.16. The molecule has 5 nitrogen and oxygen atoms in total. The fourth-order valence-corrected chi connectivity index (χ4v) is 8.71. The molecule has 4 aliphatic carbocycles. The highest BCUT2D eigenvalue weighted by atomic mass is 32.2. The Hall–Kier alpha value is -1.09. The molecule has 0 bridgehead atoms. The van der Waals surface area contributed by atoms with Crippen molar-refractivity contribution >= 4 is 23.3 Å². The summed E-state index contributed by atoms with van der Waals surface area (Å²) in [6.45, 7) is 8.98. The van der Waals surface area contributed by atoms with Gasteiger partial charge in [-0.2, -0.15) is 11.8 Å². The molecule has 1 aliphatic heterocycles. The van der Waals surface area contributed by atoms with Gasteiger partial charge in [0.25, 0.3) is 0 Å². The van der Waals surface area contributed by atoms with E-state index in [0.29, 0.717) is 6.42 Å². The second-order valence-corrected chi connectivity index (χ2v) is 12.8. The molecule has 3 saturated carbocycles. The van der Waals surface area contributed by atoms with Crippen molar-refractivity contribution < 1.29 is 33.0 Å². The Morgan fingerprint density at radius 3 is 2.62 bits per heavy atom. The molecule has 5 aliphatic rings. The molecule has 0 aromatic heterocycles. The fourth-order valence-electron chi connectivity index (χ4n) is 8.10. The van der Waals surface area contributed by atoms with Crippen LogP contribution in [0.15, 0.2) is 23.8 Å². The zero-order chi connectivity index (χ0) is 24.9. The Kier molecular flexibility index (Phi) is 5.40. The summed E-state index contributed by atoms with van der Waals surface area (Å²) in [7, 11) is 0. The molecule has 1 saturated heterocycles. The standard InChI is InChI=1S/C26H34F2O5S/c1-6-34-13-20(31)26-21(32-22(2,3)33-26)11-15-16-10-18(27)17-9-14(29)7-8-23(17,4)25(16,28)19(30)12-24(15,26)5/h7-9,15-16,18-19,21,30H,6,10-13H2,1-5H3/t15-,16-,18-,19-,21+,23?,24?,25-,26?/m0/s1. The summed E-state index contributed by atoms with van der Waals surface area (Å²) in [5.41, 5.74) is -5.79. The minimum Gasteiger partial charge on any atom is -0.390 e. The highest BCUT2D eigenvalue weighted by molar-refractivity contribution is 7.99. The van der Waals surface area contributed by atoms with E-state index in [4.69, 9.17) is 9.47 Å². The minimum atomic E-state index is -2.18. The molecular formula is C26H34F2O5S. The molecule has 0 aromatic rings. The van der Waals surface area contributed by atoms with Gasteiger partial charge in [0.15, 0.2) is 28.6 Å². The molecule has 4 fully saturated rings. The van der Waals surface area contributed by atoms with Gasteiger partial charge in [-0.25, -0.2) is 8.78 Å². The number of ketones is 2. The largest absolute Gasteiger partial charge is 0.390 e. The maximum atomic E-state index is 17.3. The van der Waals surface area contributed by atoms with E-state index in [1.807, 2.05) is 13.8 Å². The maximum Gasteiger partial charge on any atom is 0.178 e. The number of thioether (sulfide) groups is 1. The third-order valence-corrected chi connectivity index (χ3v) is 10.3. The van der Waals surface area contributed by atoms with Crippen molar-refractivity contribution in [1.82, 2.24) is 0 Å². The molecule has 0 spiro atoms. The average molecular weight is 497 g/mol. The zero-order valence-electron chi connectivity index (χ0n) is 20.4. The fraction of sp³-hybridized carbons (Fsp3) is 0.769. The number of ether oxygens (including phenoxy) is 2. The van der Waals surface area contributed by atoms with Crippen LogP contribution in [-0.4, -0.2) is 63.6 Å². The van der Waals surface area contributed by atoms with Gasteiger partial charge in [-0.3, -0.25) is 9.59 Å². The number of rotatable bonds is 4.